The fraction of sp³-hybridized carbons (Fsp3) is 0.217. The Labute approximate surface area is 223 Å². The molecule has 0 unspecified atom stereocenters. The van der Waals surface area contributed by atoms with Gasteiger partial charge in [0.25, 0.3) is 0 Å². The van der Waals surface area contributed by atoms with E-state index in [9.17, 15) is 65.9 Å². The SMILES string of the molecule is Nc1cc(Oc2ccc(Oc3cc(N)c(C(F)(F)F)cc3C(F)(F)F)c(C(F)(F)F)c2)c(C(F)(F)F)cc1C(F)(F)F. The van der Waals surface area contributed by atoms with Crippen LogP contribution < -0.4 is 20.9 Å². The van der Waals surface area contributed by atoms with E-state index >= 15 is 0 Å². The molecule has 0 saturated heterocycles. The molecule has 0 aromatic heterocycles. The summed E-state index contributed by atoms with van der Waals surface area (Å²) in [6.45, 7) is 0. The number of halogens is 15. The first-order valence-corrected chi connectivity index (χ1v) is 10.5. The minimum Gasteiger partial charge on any atom is -0.457 e. The monoisotopic (exact) mass is 632 g/mol. The molecule has 0 saturated carbocycles. The summed E-state index contributed by atoms with van der Waals surface area (Å²) in [7, 11) is 0. The number of ether oxygens (including phenoxy) is 2. The maximum Gasteiger partial charge on any atom is 0.420 e. The summed E-state index contributed by atoms with van der Waals surface area (Å²) in [6.07, 6.45) is -27.4. The number of benzene rings is 3. The van der Waals surface area contributed by atoms with Gasteiger partial charge in [0.2, 0.25) is 0 Å². The molecule has 0 fully saturated rings. The summed E-state index contributed by atoms with van der Waals surface area (Å²) in [4.78, 5) is 0. The number of nitrogens with two attached hydrogens (primary N) is 2. The topological polar surface area (TPSA) is 70.5 Å². The Morgan fingerprint density at radius 2 is 0.714 bits per heavy atom. The van der Waals surface area contributed by atoms with Crippen LogP contribution in [0.2, 0.25) is 0 Å². The number of anilines is 2. The van der Waals surface area contributed by atoms with Gasteiger partial charge in [-0.1, -0.05) is 0 Å². The van der Waals surface area contributed by atoms with E-state index in [0.717, 1.165) is 0 Å². The molecule has 230 valence electrons. The molecular formula is C23H11F15N2O2. The van der Waals surface area contributed by atoms with Gasteiger partial charge in [0.15, 0.2) is 0 Å². The zero-order chi connectivity index (χ0) is 32.2. The molecule has 3 aromatic carbocycles. The smallest absolute Gasteiger partial charge is 0.420 e. The third-order valence-corrected chi connectivity index (χ3v) is 5.23. The van der Waals surface area contributed by atoms with Crippen LogP contribution >= 0.6 is 0 Å². The highest BCUT2D eigenvalue weighted by atomic mass is 19.4. The van der Waals surface area contributed by atoms with E-state index < -0.39 is 105 Å². The Morgan fingerprint density at radius 1 is 0.381 bits per heavy atom. The Bertz CT molecular complexity index is 1480. The molecule has 3 aromatic rings. The second-order valence-corrected chi connectivity index (χ2v) is 8.22. The molecule has 0 spiro atoms. The van der Waals surface area contributed by atoms with Crippen LogP contribution in [0.25, 0.3) is 0 Å². The molecule has 0 aliphatic heterocycles. The van der Waals surface area contributed by atoms with Crippen LogP contribution in [0, 0.1) is 0 Å². The quantitative estimate of drug-likeness (QED) is 0.222. The van der Waals surface area contributed by atoms with E-state index in [4.69, 9.17) is 16.2 Å². The highest BCUT2D eigenvalue weighted by Crippen LogP contribution is 2.48. The lowest BCUT2D eigenvalue weighted by molar-refractivity contribution is -0.145. The minimum atomic E-state index is -5.60. The van der Waals surface area contributed by atoms with Crippen molar-refractivity contribution in [2.24, 2.45) is 0 Å². The van der Waals surface area contributed by atoms with Crippen LogP contribution in [0.3, 0.4) is 0 Å². The zero-order valence-electron chi connectivity index (χ0n) is 19.7. The van der Waals surface area contributed by atoms with Crippen molar-refractivity contribution in [3.05, 3.63) is 70.3 Å². The summed E-state index contributed by atoms with van der Waals surface area (Å²) in [5.74, 6) is -5.67. The summed E-state index contributed by atoms with van der Waals surface area (Å²) in [5.41, 5.74) is -2.54. The van der Waals surface area contributed by atoms with Crippen LogP contribution in [0.15, 0.2) is 42.5 Å². The third-order valence-electron chi connectivity index (χ3n) is 5.23. The van der Waals surface area contributed by atoms with Gasteiger partial charge in [-0.3, -0.25) is 0 Å². The number of hydrogen-bond donors (Lipinski definition) is 2. The molecule has 4 N–H and O–H groups in total. The van der Waals surface area contributed by atoms with Crippen molar-refractivity contribution in [3.63, 3.8) is 0 Å². The van der Waals surface area contributed by atoms with E-state index in [1.165, 1.54) is 0 Å². The number of hydrogen-bond acceptors (Lipinski definition) is 4. The average Bonchev–Trinajstić information content (AvgIpc) is 2.76. The van der Waals surface area contributed by atoms with E-state index in [-0.39, 0.29) is 24.3 Å². The van der Waals surface area contributed by atoms with Crippen molar-refractivity contribution in [1.29, 1.82) is 0 Å². The van der Waals surface area contributed by atoms with Crippen molar-refractivity contribution < 1.29 is 75.3 Å². The molecular weight excluding hydrogens is 621 g/mol. The van der Waals surface area contributed by atoms with E-state index in [1.54, 1.807) is 0 Å². The van der Waals surface area contributed by atoms with Crippen molar-refractivity contribution in [1.82, 2.24) is 0 Å². The molecule has 0 bridgehead atoms. The Kier molecular flexibility index (Phi) is 7.90. The summed E-state index contributed by atoms with van der Waals surface area (Å²) >= 11 is 0. The van der Waals surface area contributed by atoms with Crippen molar-refractivity contribution in [2.75, 3.05) is 11.5 Å². The second-order valence-electron chi connectivity index (χ2n) is 8.22. The fourth-order valence-electron chi connectivity index (χ4n) is 3.42. The standard InChI is InChI=1S/C23H11F15N2O2/c24-19(25,26)9-4-12(22(33,34)35)17(6-14(9)39)41-8-1-2-16(11(3-8)21(30,31)32)42-18-7-15(40)10(20(27,28)29)5-13(18)23(36,37)38/h1-7H,39-40H2. The van der Waals surface area contributed by atoms with Crippen LogP contribution in [0.5, 0.6) is 23.0 Å². The van der Waals surface area contributed by atoms with Crippen LogP contribution in [0.4, 0.5) is 77.2 Å². The molecule has 0 atom stereocenters. The normalized spacial score (nSPS) is 13.3. The van der Waals surface area contributed by atoms with Gasteiger partial charge in [-0.25, -0.2) is 0 Å². The molecule has 0 aliphatic rings. The minimum absolute atomic E-state index is 0.0310. The molecule has 0 heterocycles. The molecule has 19 heteroatoms. The molecule has 0 aliphatic carbocycles. The maximum absolute atomic E-state index is 13.8. The summed E-state index contributed by atoms with van der Waals surface area (Å²) in [5, 5.41) is 0. The van der Waals surface area contributed by atoms with Gasteiger partial charge in [-0.15, -0.1) is 0 Å². The first kappa shape index (κ1) is 32.3. The average molecular weight is 632 g/mol. The maximum atomic E-state index is 13.8. The van der Waals surface area contributed by atoms with Gasteiger partial charge in [-0.2, -0.15) is 65.9 Å². The fourth-order valence-corrected chi connectivity index (χ4v) is 3.42. The Morgan fingerprint density at radius 3 is 1.07 bits per heavy atom. The largest absolute Gasteiger partial charge is 0.457 e. The van der Waals surface area contributed by atoms with Crippen LogP contribution in [-0.2, 0) is 30.9 Å². The van der Waals surface area contributed by atoms with Gasteiger partial charge >= 0.3 is 30.9 Å². The highest BCUT2D eigenvalue weighted by Gasteiger charge is 2.43. The van der Waals surface area contributed by atoms with Gasteiger partial charge in [0.05, 0.1) is 22.3 Å². The van der Waals surface area contributed by atoms with Gasteiger partial charge in [0, 0.05) is 23.5 Å². The van der Waals surface area contributed by atoms with Crippen molar-refractivity contribution >= 4 is 11.4 Å². The predicted octanol–water partition coefficient (Wildman–Crippen LogP) is 9.53. The Balaban J connectivity index is 2.14. The van der Waals surface area contributed by atoms with Crippen LogP contribution in [-0.4, -0.2) is 0 Å². The number of nitrogen functional groups attached to an aromatic ring is 2. The molecule has 0 amide bonds. The Hall–Kier alpha value is -4.19. The van der Waals surface area contributed by atoms with Gasteiger partial charge in [-0.05, 0) is 30.3 Å². The lowest BCUT2D eigenvalue weighted by Gasteiger charge is -2.21. The summed E-state index contributed by atoms with van der Waals surface area (Å²) in [6, 6.07) is -0.333. The summed E-state index contributed by atoms with van der Waals surface area (Å²) < 4.78 is 210. The van der Waals surface area contributed by atoms with E-state index in [1.807, 2.05) is 0 Å². The highest BCUT2D eigenvalue weighted by molar-refractivity contribution is 5.60. The first-order chi connectivity index (χ1) is 18.8. The van der Waals surface area contributed by atoms with Gasteiger partial charge in [0.1, 0.15) is 28.6 Å². The van der Waals surface area contributed by atoms with Gasteiger partial charge < -0.3 is 20.9 Å². The second kappa shape index (κ2) is 10.3. The first-order valence-electron chi connectivity index (χ1n) is 10.5. The van der Waals surface area contributed by atoms with Crippen molar-refractivity contribution in [3.8, 4) is 23.0 Å². The van der Waals surface area contributed by atoms with E-state index in [2.05, 4.69) is 4.74 Å². The number of alkyl halides is 15. The zero-order valence-corrected chi connectivity index (χ0v) is 19.7. The lowest BCUT2D eigenvalue weighted by atomic mass is 10.1. The molecule has 0 radical (unpaired) electrons. The van der Waals surface area contributed by atoms with Crippen molar-refractivity contribution in [2.45, 2.75) is 30.9 Å². The number of rotatable bonds is 4. The lowest BCUT2D eigenvalue weighted by Crippen LogP contribution is -2.15. The molecule has 3 rings (SSSR count). The van der Waals surface area contributed by atoms with E-state index in [0.29, 0.717) is 6.07 Å². The predicted molar refractivity (Wildman–Crippen MR) is 113 cm³/mol. The molecule has 4 nitrogen and oxygen atoms in total. The molecule has 42 heavy (non-hydrogen) atoms. The third kappa shape index (κ3) is 6.99. The van der Waals surface area contributed by atoms with Crippen LogP contribution in [0.1, 0.15) is 27.8 Å².